The molecule has 7 heteroatoms. The van der Waals surface area contributed by atoms with Crippen molar-refractivity contribution >= 4 is 12.4 Å². The van der Waals surface area contributed by atoms with Gasteiger partial charge in [-0.25, -0.2) is 8.78 Å². The highest BCUT2D eigenvalue weighted by Crippen LogP contribution is 2.34. The molecule has 1 nitrogen and oxygen atoms in total. The van der Waals surface area contributed by atoms with Crippen LogP contribution in [0, 0.1) is 5.82 Å². The summed E-state index contributed by atoms with van der Waals surface area (Å²) in [6.45, 7) is -1.17. The molecular formula is C9H9ClF5N. The number of halogens is 6. The van der Waals surface area contributed by atoms with E-state index in [-0.39, 0.29) is 12.4 Å². The SMILES string of the molecule is Cl.N[C@@H](CF)c1cc(F)ccc1C(F)(F)F. The zero-order valence-corrected chi connectivity index (χ0v) is 8.71. The van der Waals surface area contributed by atoms with Crippen LogP contribution in [-0.2, 0) is 6.18 Å². The van der Waals surface area contributed by atoms with Crippen molar-refractivity contribution in [3.63, 3.8) is 0 Å². The van der Waals surface area contributed by atoms with Gasteiger partial charge >= 0.3 is 6.18 Å². The summed E-state index contributed by atoms with van der Waals surface area (Å²) < 4.78 is 62.0. The van der Waals surface area contributed by atoms with Crippen molar-refractivity contribution in [1.29, 1.82) is 0 Å². The van der Waals surface area contributed by atoms with Crippen LogP contribution in [0.25, 0.3) is 0 Å². The zero-order valence-electron chi connectivity index (χ0n) is 7.89. The number of hydrogen-bond donors (Lipinski definition) is 1. The van der Waals surface area contributed by atoms with Crippen molar-refractivity contribution in [3.05, 3.63) is 35.1 Å². The van der Waals surface area contributed by atoms with E-state index in [0.717, 1.165) is 0 Å². The van der Waals surface area contributed by atoms with Crippen LogP contribution < -0.4 is 5.73 Å². The van der Waals surface area contributed by atoms with Gasteiger partial charge < -0.3 is 5.73 Å². The molecule has 0 heterocycles. The highest BCUT2D eigenvalue weighted by atomic mass is 35.5. The number of alkyl halides is 4. The molecule has 0 aliphatic heterocycles. The van der Waals surface area contributed by atoms with Crippen LogP contribution in [0.3, 0.4) is 0 Å². The first-order valence-electron chi connectivity index (χ1n) is 4.04. The summed E-state index contributed by atoms with van der Waals surface area (Å²) in [5.41, 5.74) is 3.45. The summed E-state index contributed by atoms with van der Waals surface area (Å²) >= 11 is 0. The Bertz CT molecular complexity index is 352. The van der Waals surface area contributed by atoms with Crippen molar-refractivity contribution in [1.82, 2.24) is 0 Å². The molecule has 16 heavy (non-hydrogen) atoms. The average molecular weight is 262 g/mol. The van der Waals surface area contributed by atoms with Gasteiger partial charge in [0.1, 0.15) is 12.5 Å². The molecule has 0 aromatic heterocycles. The number of hydrogen-bond acceptors (Lipinski definition) is 1. The third-order valence-electron chi connectivity index (χ3n) is 1.88. The lowest BCUT2D eigenvalue weighted by Crippen LogP contribution is -2.19. The van der Waals surface area contributed by atoms with E-state index in [1.54, 1.807) is 0 Å². The normalized spacial score (nSPS) is 13.1. The van der Waals surface area contributed by atoms with Crippen LogP contribution >= 0.6 is 12.4 Å². The van der Waals surface area contributed by atoms with Crippen molar-refractivity contribution in [2.75, 3.05) is 6.67 Å². The minimum absolute atomic E-state index is 0. The molecular weight excluding hydrogens is 253 g/mol. The smallest absolute Gasteiger partial charge is 0.322 e. The number of benzene rings is 1. The summed E-state index contributed by atoms with van der Waals surface area (Å²) in [5, 5.41) is 0. The summed E-state index contributed by atoms with van der Waals surface area (Å²) in [7, 11) is 0. The van der Waals surface area contributed by atoms with Gasteiger partial charge in [-0.3, -0.25) is 0 Å². The molecule has 0 aliphatic rings. The van der Waals surface area contributed by atoms with Crippen LogP contribution in [0.1, 0.15) is 17.2 Å². The lowest BCUT2D eigenvalue weighted by atomic mass is 10.0. The highest BCUT2D eigenvalue weighted by molar-refractivity contribution is 5.85. The van der Waals surface area contributed by atoms with Gasteiger partial charge in [0, 0.05) is 0 Å². The largest absolute Gasteiger partial charge is 0.416 e. The second-order valence-electron chi connectivity index (χ2n) is 2.99. The topological polar surface area (TPSA) is 26.0 Å². The van der Waals surface area contributed by atoms with Gasteiger partial charge in [0.2, 0.25) is 0 Å². The Balaban J connectivity index is 0.00000225. The van der Waals surface area contributed by atoms with Crippen molar-refractivity contribution in [2.24, 2.45) is 5.73 Å². The van der Waals surface area contributed by atoms with Gasteiger partial charge in [-0.05, 0) is 23.8 Å². The molecule has 1 atom stereocenters. The average Bonchev–Trinajstić information content (AvgIpc) is 2.14. The summed E-state index contributed by atoms with van der Waals surface area (Å²) in [5.74, 6) is -0.873. The van der Waals surface area contributed by atoms with E-state index in [9.17, 15) is 22.0 Å². The minimum Gasteiger partial charge on any atom is -0.322 e. The first-order valence-corrected chi connectivity index (χ1v) is 4.04. The molecule has 0 radical (unpaired) electrons. The van der Waals surface area contributed by atoms with E-state index in [2.05, 4.69) is 0 Å². The van der Waals surface area contributed by atoms with Gasteiger partial charge in [-0.15, -0.1) is 12.4 Å². The van der Waals surface area contributed by atoms with Gasteiger partial charge in [-0.1, -0.05) is 0 Å². The lowest BCUT2D eigenvalue weighted by Gasteiger charge is -2.15. The molecule has 0 fully saturated rings. The molecule has 1 aromatic carbocycles. The predicted molar refractivity (Wildman–Crippen MR) is 51.6 cm³/mol. The second kappa shape index (κ2) is 5.45. The van der Waals surface area contributed by atoms with Crippen molar-refractivity contribution in [3.8, 4) is 0 Å². The zero-order chi connectivity index (χ0) is 11.6. The summed E-state index contributed by atoms with van der Waals surface area (Å²) in [4.78, 5) is 0. The first-order chi connectivity index (χ1) is 6.86. The van der Waals surface area contributed by atoms with E-state index < -0.39 is 35.8 Å². The highest BCUT2D eigenvalue weighted by Gasteiger charge is 2.34. The van der Waals surface area contributed by atoms with E-state index >= 15 is 0 Å². The number of nitrogens with two attached hydrogens (primary N) is 1. The van der Waals surface area contributed by atoms with Crippen LogP contribution in [0.4, 0.5) is 22.0 Å². The van der Waals surface area contributed by atoms with Crippen molar-refractivity contribution < 1.29 is 22.0 Å². The maximum Gasteiger partial charge on any atom is 0.416 e. The first kappa shape index (κ1) is 15.1. The molecule has 92 valence electrons. The third-order valence-corrected chi connectivity index (χ3v) is 1.88. The van der Waals surface area contributed by atoms with Crippen molar-refractivity contribution in [2.45, 2.75) is 12.2 Å². The molecule has 0 saturated heterocycles. The molecule has 0 spiro atoms. The van der Waals surface area contributed by atoms with Crippen LogP contribution in [0.2, 0.25) is 0 Å². The minimum atomic E-state index is -4.66. The Morgan fingerprint density at radius 3 is 2.25 bits per heavy atom. The third kappa shape index (κ3) is 3.31. The van der Waals surface area contributed by atoms with Gasteiger partial charge in [0.15, 0.2) is 0 Å². The maximum absolute atomic E-state index is 12.7. The number of rotatable bonds is 2. The Kier molecular flexibility index (Phi) is 5.15. The summed E-state index contributed by atoms with van der Waals surface area (Å²) in [6, 6.07) is 0.363. The van der Waals surface area contributed by atoms with Gasteiger partial charge in [0.25, 0.3) is 0 Å². The van der Waals surface area contributed by atoms with Gasteiger partial charge in [-0.2, -0.15) is 13.2 Å². The molecule has 1 aromatic rings. The molecule has 0 bridgehead atoms. The fourth-order valence-corrected chi connectivity index (χ4v) is 1.18. The monoisotopic (exact) mass is 261 g/mol. The van der Waals surface area contributed by atoms with Crippen LogP contribution in [0.15, 0.2) is 18.2 Å². The van der Waals surface area contributed by atoms with E-state index in [0.29, 0.717) is 18.2 Å². The fourth-order valence-electron chi connectivity index (χ4n) is 1.18. The second-order valence-corrected chi connectivity index (χ2v) is 2.99. The maximum atomic E-state index is 12.7. The molecule has 1 rings (SSSR count). The van der Waals surface area contributed by atoms with Gasteiger partial charge in [0.05, 0.1) is 11.6 Å². The van der Waals surface area contributed by atoms with E-state index in [4.69, 9.17) is 5.73 Å². The van der Waals surface area contributed by atoms with E-state index in [1.165, 1.54) is 0 Å². The van der Waals surface area contributed by atoms with Crippen LogP contribution in [0.5, 0.6) is 0 Å². The Morgan fingerprint density at radius 2 is 1.81 bits per heavy atom. The van der Waals surface area contributed by atoms with Crippen LogP contribution in [-0.4, -0.2) is 6.67 Å². The fraction of sp³-hybridized carbons (Fsp3) is 0.333. The molecule has 0 aliphatic carbocycles. The molecule has 0 saturated carbocycles. The molecule has 2 N–H and O–H groups in total. The Morgan fingerprint density at radius 1 is 1.25 bits per heavy atom. The van der Waals surface area contributed by atoms with E-state index in [1.807, 2.05) is 0 Å². The summed E-state index contributed by atoms with van der Waals surface area (Å²) in [6.07, 6.45) is -4.66. The molecule has 0 unspecified atom stereocenters. The lowest BCUT2D eigenvalue weighted by molar-refractivity contribution is -0.138. The Hall–Kier alpha value is -0.880. The standard InChI is InChI=1S/C9H8F5N.ClH/c10-4-8(15)6-3-5(11)1-2-7(6)9(12,13)14;/h1-3,8H,4,15H2;1H/t8-;/m0./s1. The predicted octanol–water partition coefficient (Wildman–Crippen LogP) is 3.24. The quantitative estimate of drug-likeness (QED) is 0.813. The molecule has 0 amide bonds. The Labute approximate surface area is 94.8 Å².